The van der Waals surface area contributed by atoms with E-state index < -0.39 is 20.5 Å². The van der Waals surface area contributed by atoms with Crippen LogP contribution in [0.4, 0.5) is 5.69 Å². The normalized spacial score (nSPS) is 12.3. The summed E-state index contributed by atoms with van der Waals surface area (Å²) in [6, 6.07) is 6.29. The van der Waals surface area contributed by atoms with Crippen molar-refractivity contribution in [3.63, 3.8) is 0 Å². The number of hydrogen-bond acceptors (Lipinski definition) is 6. The highest BCUT2D eigenvalue weighted by molar-refractivity contribution is 7.92. The number of amides is 1. The van der Waals surface area contributed by atoms with Crippen molar-refractivity contribution in [2.24, 2.45) is 5.73 Å². The summed E-state index contributed by atoms with van der Waals surface area (Å²) in [4.78, 5) is 15.9. The minimum atomic E-state index is -3.69. The Kier molecular flexibility index (Phi) is 4.58. The Balaban J connectivity index is 2.32. The third kappa shape index (κ3) is 3.18. The number of nitrogens with zero attached hydrogens (tertiary/aromatic N) is 2. The van der Waals surface area contributed by atoms with Crippen LogP contribution in [0.15, 0.2) is 41.6 Å². The molecule has 1 amide bonds. The van der Waals surface area contributed by atoms with E-state index in [9.17, 15) is 13.2 Å². The number of methoxy groups -OCH3 is 1. The van der Waals surface area contributed by atoms with Crippen LogP contribution in [-0.2, 0) is 9.84 Å². The molecule has 0 atom stereocenters. The lowest BCUT2D eigenvalue weighted by Crippen LogP contribution is -2.28. The van der Waals surface area contributed by atoms with E-state index in [0.717, 1.165) is 0 Å². The van der Waals surface area contributed by atoms with E-state index in [-0.39, 0.29) is 16.2 Å². The third-order valence-corrected chi connectivity index (χ3v) is 6.92. The molecule has 3 aromatic rings. The zero-order valence-electron chi connectivity index (χ0n) is 16.1. The number of fused-ring (bicyclic) bond motifs is 1. The Morgan fingerprint density at radius 1 is 1.18 bits per heavy atom. The fourth-order valence-corrected chi connectivity index (χ4v) is 4.14. The monoisotopic (exact) mass is 402 g/mol. The number of primary amides is 1. The van der Waals surface area contributed by atoms with Crippen LogP contribution in [0, 0.1) is 0 Å². The number of rotatable bonds is 4. The summed E-state index contributed by atoms with van der Waals surface area (Å²) in [7, 11) is -2.28. The van der Waals surface area contributed by atoms with Gasteiger partial charge >= 0.3 is 0 Å². The maximum absolute atomic E-state index is 13.0. The molecular formula is C19H22N4O4S. The summed E-state index contributed by atoms with van der Waals surface area (Å²) in [5, 5.41) is 0. The average molecular weight is 402 g/mol. The first kappa shape index (κ1) is 19.7. The van der Waals surface area contributed by atoms with Crippen molar-refractivity contribution in [2.75, 3.05) is 12.8 Å². The number of benzene rings is 1. The zero-order valence-corrected chi connectivity index (χ0v) is 16.9. The van der Waals surface area contributed by atoms with Gasteiger partial charge in [0.15, 0.2) is 9.84 Å². The van der Waals surface area contributed by atoms with Gasteiger partial charge in [0.25, 0.3) is 0 Å². The van der Waals surface area contributed by atoms with E-state index in [1.165, 1.54) is 19.4 Å². The van der Waals surface area contributed by atoms with Crippen LogP contribution in [-0.4, -0.2) is 35.6 Å². The van der Waals surface area contributed by atoms with E-state index in [0.29, 0.717) is 22.6 Å². The van der Waals surface area contributed by atoms with Gasteiger partial charge in [-0.25, -0.2) is 13.4 Å². The van der Waals surface area contributed by atoms with Crippen LogP contribution in [0.5, 0.6) is 5.75 Å². The van der Waals surface area contributed by atoms with Gasteiger partial charge in [0.2, 0.25) is 5.91 Å². The van der Waals surface area contributed by atoms with E-state index in [2.05, 4.69) is 4.98 Å². The Hall–Kier alpha value is -3.07. The van der Waals surface area contributed by atoms with Gasteiger partial charge in [0.05, 0.1) is 23.7 Å². The first-order valence-electron chi connectivity index (χ1n) is 8.46. The lowest BCUT2D eigenvalue weighted by Gasteiger charge is -2.21. The zero-order chi connectivity index (χ0) is 20.9. The van der Waals surface area contributed by atoms with Crippen LogP contribution in [0.1, 0.15) is 31.1 Å². The summed E-state index contributed by atoms with van der Waals surface area (Å²) in [5.41, 5.74) is 13.5. The Morgan fingerprint density at radius 3 is 2.43 bits per heavy atom. The van der Waals surface area contributed by atoms with Crippen molar-refractivity contribution in [3.05, 3.63) is 42.2 Å². The van der Waals surface area contributed by atoms with Crippen LogP contribution in [0.3, 0.4) is 0 Å². The number of nitrogen functional groups attached to an aromatic ring is 1. The number of hydrogen-bond donors (Lipinski definition) is 2. The number of pyridine rings is 1. The molecule has 0 saturated carbocycles. The van der Waals surface area contributed by atoms with Gasteiger partial charge in [-0.3, -0.25) is 9.20 Å². The second-order valence-corrected chi connectivity index (χ2v) is 10.1. The van der Waals surface area contributed by atoms with Crippen molar-refractivity contribution in [2.45, 2.75) is 30.4 Å². The quantitative estimate of drug-likeness (QED) is 0.644. The molecule has 0 aliphatic carbocycles. The molecule has 2 aromatic heterocycles. The molecule has 0 unspecified atom stereocenters. The minimum absolute atomic E-state index is 0.0493. The van der Waals surface area contributed by atoms with Crippen molar-refractivity contribution < 1.29 is 17.9 Å². The Bertz CT molecular complexity index is 1190. The molecule has 0 spiro atoms. The maximum atomic E-state index is 13.0. The van der Waals surface area contributed by atoms with Gasteiger partial charge in [0, 0.05) is 29.1 Å². The van der Waals surface area contributed by atoms with Crippen LogP contribution < -0.4 is 16.2 Å². The minimum Gasteiger partial charge on any atom is -0.495 e. The van der Waals surface area contributed by atoms with Crippen molar-refractivity contribution in [1.82, 2.24) is 9.38 Å². The smallest absolute Gasteiger partial charge is 0.248 e. The average Bonchev–Trinajstić information content (AvgIpc) is 3.01. The highest BCUT2D eigenvalue weighted by atomic mass is 32.2. The fraction of sp³-hybridized carbons (Fsp3) is 0.263. The SMILES string of the molecule is COc1cc2ncc(-c3cc(N)cc(C(N)=O)c3)n2cc1S(=O)(=O)C(C)(C)C. The van der Waals surface area contributed by atoms with E-state index in [1.807, 2.05) is 0 Å². The van der Waals surface area contributed by atoms with Crippen molar-refractivity contribution in [3.8, 4) is 17.0 Å². The first-order valence-corrected chi connectivity index (χ1v) is 9.94. The molecule has 0 aliphatic rings. The molecule has 9 heteroatoms. The van der Waals surface area contributed by atoms with E-state index in [4.69, 9.17) is 16.2 Å². The molecule has 0 aliphatic heterocycles. The molecule has 0 fully saturated rings. The van der Waals surface area contributed by atoms with Crippen molar-refractivity contribution in [1.29, 1.82) is 0 Å². The van der Waals surface area contributed by atoms with Crippen LogP contribution >= 0.6 is 0 Å². The second kappa shape index (κ2) is 6.52. The number of carbonyl (C=O) groups is 1. The predicted octanol–water partition coefficient (Wildman–Crippen LogP) is 2.26. The Labute approximate surface area is 163 Å². The number of ether oxygens (including phenoxy) is 1. The molecule has 1 aromatic carbocycles. The van der Waals surface area contributed by atoms with Gasteiger partial charge in [-0.05, 0) is 39.0 Å². The predicted molar refractivity (Wildman–Crippen MR) is 107 cm³/mol. The highest BCUT2D eigenvalue weighted by Crippen LogP contribution is 2.34. The second-order valence-electron chi connectivity index (χ2n) is 7.40. The number of carbonyl (C=O) groups excluding carboxylic acids is 1. The summed E-state index contributed by atoms with van der Waals surface area (Å²) >= 11 is 0. The van der Waals surface area contributed by atoms with E-state index in [1.54, 1.807) is 49.6 Å². The molecule has 0 bridgehead atoms. The number of sulfone groups is 1. The van der Waals surface area contributed by atoms with Gasteiger partial charge in [0.1, 0.15) is 16.3 Å². The lowest BCUT2D eigenvalue weighted by molar-refractivity contribution is 0.100. The molecule has 148 valence electrons. The molecular weight excluding hydrogens is 380 g/mol. The topological polar surface area (TPSA) is 130 Å². The van der Waals surface area contributed by atoms with Crippen LogP contribution in [0.25, 0.3) is 16.9 Å². The molecule has 8 nitrogen and oxygen atoms in total. The van der Waals surface area contributed by atoms with Gasteiger partial charge in [-0.1, -0.05) is 0 Å². The number of nitrogens with two attached hydrogens (primary N) is 2. The van der Waals surface area contributed by atoms with Crippen LogP contribution in [0.2, 0.25) is 0 Å². The highest BCUT2D eigenvalue weighted by Gasteiger charge is 2.34. The Morgan fingerprint density at radius 2 is 1.86 bits per heavy atom. The number of imidazole rings is 1. The van der Waals surface area contributed by atoms with Gasteiger partial charge in [-0.15, -0.1) is 0 Å². The largest absolute Gasteiger partial charge is 0.495 e. The van der Waals surface area contributed by atoms with E-state index >= 15 is 0 Å². The molecule has 28 heavy (non-hydrogen) atoms. The molecule has 4 N–H and O–H groups in total. The number of anilines is 1. The summed E-state index contributed by atoms with van der Waals surface area (Å²) < 4.78 is 32.0. The molecule has 0 saturated heterocycles. The lowest BCUT2D eigenvalue weighted by atomic mass is 10.1. The maximum Gasteiger partial charge on any atom is 0.248 e. The molecule has 3 rings (SSSR count). The third-order valence-electron chi connectivity index (χ3n) is 4.43. The fourth-order valence-electron chi connectivity index (χ4n) is 2.83. The molecule has 0 radical (unpaired) electrons. The summed E-state index contributed by atoms with van der Waals surface area (Å²) in [6.45, 7) is 4.87. The van der Waals surface area contributed by atoms with Crippen molar-refractivity contribution >= 4 is 27.1 Å². The summed E-state index contributed by atoms with van der Waals surface area (Å²) in [6.07, 6.45) is 3.05. The summed E-state index contributed by atoms with van der Waals surface area (Å²) in [5.74, 6) is -0.398. The molecule has 2 heterocycles. The van der Waals surface area contributed by atoms with Gasteiger partial charge in [-0.2, -0.15) is 0 Å². The number of aromatic nitrogens is 2. The standard InChI is InChI=1S/C19H22N4O4S/c1-19(2,3)28(25,26)16-10-23-14(9-22-17(23)8-15(16)27-4)11-5-12(18(21)24)7-13(20)6-11/h5-10H,20H2,1-4H3,(H2,21,24). The van der Waals surface area contributed by atoms with Gasteiger partial charge < -0.3 is 16.2 Å². The first-order chi connectivity index (χ1) is 13.0.